The zero-order valence-electron chi connectivity index (χ0n) is 11.3. The summed E-state index contributed by atoms with van der Waals surface area (Å²) in [6, 6.07) is 0.138. The summed E-state index contributed by atoms with van der Waals surface area (Å²) in [6.07, 6.45) is 6.11. The van der Waals surface area contributed by atoms with Crippen molar-refractivity contribution in [3.63, 3.8) is 0 Å². The van der Waals surface area contributed by atoms with E-state index in [9.17, 15) is 4.79 Å². The van der Waals surface area contributed by atoms with Gasteiger partial charge in [-0.1, -0.05) is 26.7 Å². The number of hydrogen-bond acceptors (Lipinski definition) is 4. The standard InChI is InChI=1S/C13H22N4O/c1-9(2)5-4-6-10(3)16-13(18)11-7-15-8-12(14)17-11/h7-10H,4-6H2,1-3H3,(H2,14,17)(H,16,18). The van der Waals surface area contributed by atoms with E-state index < -0.39 is 0 Å². The van der Waals surface area contributed by atoms with Crippen LogP contribution in [0.5, 0.6) is 0 Å². The Labute approximate surface area is 108 Å². The van der Waals surface area contributed by atoms with Crippen molar-refractivity contribution in [1.29, 1.82) is 0 Å². The number of nitrogen functional groups attached to an aromatic ring is 1. The second-order valence-electron chi connectivity index (χ2n) is 5.03. The minimum absolute atomic E-state index is 0.138. The topological polar surface area (TPSA) is 80.9 Å². The van der Waals surface area contributed by atoms with Gasteiger partial charge in [0.15, 0.2) is 0 Å². The molecule has 1 aromatic heterocycles. The van der Waals surface area contributed by atoms with Crippen LogP contribution in [-0.4, -0.2) is 21.9 Å². The molecule has 0 aliphatic heterocycles. The minimum Gasteiger partial charge on any atom is -0.382 e. The highest BCUT2D eigenvalue weighted by Gasteiger charge is 2.11. The molecule has 0 saturated heterocycles. The van der Waals surface area contributed by atoms with Gasteiger partial charge in [-0.15, -0.1) is 0 Å². The van der Waals surface area contributed by atoms with E-state index in [1.165, 1.54) is 18.8 Å². The van der Waals surface area contributed by atoms with E-state index in [2.05, 4.69) is 29.1 Å². The molecule has 5 nitrogen and oxygen atoms in total. The maximum atomic E-state index is 11.8. The van der Waals surface area contributed by atoms with Crippen LogP contribution in [0, 0.1) is 5.92 Å². The SMILES string of the molecule is CC(C)CCCC(C)NC(=O)c1cncc(N)n1. The number of nitrogens with one attached hydrogen (secondary N) is 1. The fourth-order valence-electron chi connectivity index (χ4n) is 1.69. The Morgan fingerprint density at radius 2 is 2.06 bits per heavy atom. The largest absolute Gasteiger partial charge is 0.382 e. The van der Waals surface area contributed by atoms with Crippen LogP contribution < -0.4 is 11.1 Å². The summed E-state index contributed by atoms with van der Waals surface area (Å²) in [6.45, 7) is 6.40. The number of hydrogen-bond donors (Lipinski definition) is 2. The maximum Gasteiger partial charge on any atom is 0.271 e. The predicted octanol–water partition coefficient (Wildman–Crippen LogP) is 2.00. The van der Waals surface area contributed by atoms with Crippen molar-refractivity contribution < 1.29 is 4.79 Å². The van der Waals surface area contributed by atoms with Crippen molar-refractivity contribution in [3.05, 3.63) is 18.1 Å². The lowest BCUT2D eigenvalue weighted by atomic mass is 10.0. The molecule has 0 spiro atoms. The van der Waals surface area contributed by atoms with Gasteiger partial charge in [0.05, 0.1) is 12.4 Å². The molecule has 0 fully saturated rings. The van der Waals surface area contributed by atoms with Crippen LogP contribution in [0.25, 0.3) is 0 Å². The summed E-state index contributed by atoms with van der Waals surface area (Å²) in [5.41, 5.74) is 5.76. The van der Waals surface area contributed by atoms with Crippen molar-refractivity contribution in [2.24, 2.45) is 5.92 Å². The Bertz CT molecular complexity index is 392. The van der Waals surface area contributed by atoms with E-state index >= 15 is 0 Å². The second-order valence-corrected chi connectivity index (χ2v) is 5.03. The highest BCUT2D eigenvalue weighted by atomic mass is 16.1. The van der Waals surface area contributed by atoms with Gasteiger partial charge in [-0.2, -0.15) is 0 Å². The van der Waals surface area contributed by atoms with Gasteiger partial charge < -0.3 is 11.1 Å². The van der Waals surface area contributed by atoms with Gasteiger partial charge in [0.1, 0.15) is 11.5 Å². The molecular weight excluding hydrogens is 228 g/mol. The average Bonchev–Trinajstić information content (AvgIpc) is 2.28. The third kappa shape index (κ3) is 5.12. The Morgan fingerprint density at radius 3 is 2.67 bits per heavy atom. The number of aromatic nitrogens is 2. The lowest BCUT2D eigenvalue weighted by Crippen LogP contribution is -2.33. The van der Waals surface area contributed by atoms with Crippen LogP contribution in [0.15, 0.2) is 12.4 Å². The molecule has 0 aromatic carbocycles. The van der Waals surface area contributed by atoms with Gasteiger partial charge in [0, 0.05) is 6.04 Å². The Hall–Kier alpha value is -1.65. The van der Waals surface area contributed by atoms with Crippen LogP contribution >= 0.6 is 0 Å². The average molecular weight is 250 g/mol. The van der Waals surface area contributed by atoms with E-state index in [1.54, 1.807) is 0 Å². The summed E-state index contributed by atoms with van der Waals surface area (Å²) in [5, 5.41) is 2.90. The number of carbonyl (C=O) groups is 1. The molecule has 1 heterocycles. The zero-order valence-corrected chi connectivity index (χ0v) is 11.3. The molecule has 1 amide bonds. The number of amides is 1. The molecule has 0 radical (unpaired) electrons. The minimum atomic E-state index is -0.216. The molecule has 1 atom stereocenters. The molecule has 3 N–H and O–H groups in total. The summed E-state index contributed by atoms with van der Waals surface area (Å²) in [7, 11) is 0. The second kappa shape index (κ2) is 6.93. The lowest BCUT2D eigenvalue weighted by molar-refractivity contribution is 0.0932. The first-order valence-electron chi connectivity index (χ1n) is 6.37. The van der Waals surface area contributed by atoms with E-state index in [0.29, 0.717) is 5.92 Å². The van der Waals surface area contributed by atoms with E-state index in [-0.39, 0.29) is 23.5 Å². The highest BCUT2D eigenvalue weighted by Crippen LogP contribution is 2.08. The smallest absolute Gasteiger partial charge is 0.271 e. The Balaban J connectivity index is 2.40. The Morgan fingerprint density at radius 1 is 1.33 bits per heavy atom. The predicted molar refractivity (Wildman–Crippen MR) is 72.1 cm³/mol. The van der Waals surface area contributed by atoms with Crippen LogP contribution in [-0.2, 0) is 0 Å². The number of nitrogens with two attached hydrogens (primary N) is 1. The maximum absolute atomic E-state index is 11.8. The fraction of sp³-hybridized carbons (Fsp3) is 0.615. The van der Waals surface area contributed by atoms with E-state index in [4.69, 9.17) is 5.73 Å². The highest BCUT2D eigenvalue weighted by molar-refractivity contribution is 5.92. The molecule has 0 saturated carbocycles. The van der Waals surface area contributed by atoms with Crippen molar-refractivity contribution in [1.82, 2.24) is 15.3 Å². The first-order valence-corrected chi connectivity index (χ1v) is 6.37. The molecule has 100 valence electrons. The number of rotatable bonds is 6. The van der Waals surface area contributed by atoms with Gasteiger partial charge >= 0.3 is 0 Å². The van der Waals surface area contributed by atoms with Crippen molar-refractivity contribution in [2.45, 2.75) is 46.1 Å². The summed E-state index contributed by atoms with van der Waals surface area (Å²) >= 11 is 0. The quantitative estimate of drug-likeness (QED) is 0.809. The van der Waals surface area contributed by atoms with E-state index in [1.807, 2.05) is 6.92 Å². The molecular formula is C13H22N4O. The molecule has 5 heteroatoms. The van der Waals surface area contributed by atoms with Gasteiger partial charge in [-0.25, -0.2) is 4.98 Å². The van der Waals surface area contributed by atoms with Crippen molar-refractivity contribution in [2.75, 3.05) is 5.73 Å². The summed E-state index contributed by atoms with van der Waals surface area (Å²) in [5.74, 6) is 0.745. The van der Waals surface area contributed by atoms with Crippen molar-refractivity contribution in [3.8, 4) is 0 Å². The van der Waals surface area contributed by atoms with Gasteiger partial charge in [0.25, 0.3) is 5.91 Å². The molecule has 1 unspecified atom stereocenters. The number of nitrogens with zero attached hydrogens (tertiary/aromatic N) is 2. The normalized spacial score (nSPS) is 12.4. The number of anilines is 1. The summed E-state index contributed by atoms with van der Waals surface area (Å²) in [4.78, 5) is 19.6. The molecule has 0 bridgehead atoms. The Kier molecular flexibility index (Phi) is 5.55. The van der Waals surface area contributed by atoms with Crippen molar-refractivity contribution >= 4 is 11.7 Å². The third-order valence-electron chi connectivity index (χ3n) is 2.68. The van der Waals surface area contributed by atoms with Crippen LogP contribution in [0.3, 0.4) is 0 Å². The molecule has 18 heavy (non-hydrogen) atoms. The number of carbonyl (C=O) groups excluding carboxylic acids is 1. The van der Waals surface area contributed by atoms with Gasteiger partial charge in [0.2, 0.25) is 0 Å². The first-order chi connectivity index (χ1) is 8.49. The van der Waals surface area contributed by atoms with Crippen LogP contribution in [0.2, 0.25) is 0 Å². The first kappa shape index (κ1) is 14.4. The molecule has 0 aliphatic carbocycles. The van der Waals surface area contributed by atoms with Gasteiger partial charge in [-0.05, 0) is 19.3 Å². The zero-order chi connectivity index (χ0) is 13.5. The fourth-order valence-corrected chi connectivity index (χ4v) is 1.69. The molecule has 0 aliphatic rings. The van der Waals surface area contributed by atoms with Crippen LogP contribution in [0.1, 0.15) is 50.5 Å². The monoisotopic (exact) mass is 250 g/mol. The van der Waals surface area contributed by atoms with Crippen LogP contribution in [0.4, 0.5) is 5.82 Å². The molecule has 1 rings (SSSR count). The van der Waals surface area contributed by atoms with E-state index in [0.717, 1.165) is 12.8 Å². The summed E-state index contributed by atoms with van der Waals surface area (Å²) < 4.78 is 0. The van der Waals surface area contributed by atoms with Gasteiger partial charge in [-0.3, -0.25) is 9.78 Å². The third-order valence-corrected chi connectivity index (χ3v) is 2.68. The molecule has 1 aromatic rings. The lowest BCUT2D eigenvalue weighted by Gasteiger charge is -2.14.